The van der Waals surface area contributed by atoms with Crippen LogP contribution in [0.2, 0.25) is 0 Å². The molecular weight excluding hydrogens is 238 g/mol. The number of hydrogen-bond donors (Lipinski definition) is 1. The van der Waals surface area contributed by atoms with Crippen molar-refractivity contribution < 1.29 is 14.7 Å². The number of amides is 1. The van der Waals surface area contributed by atoms with Crippen LogP contribution in [0.3, 0.4) is 0 Å². The topological polar surface area (TPSA) is 57.6 Å². The van der Waals surface area contributed by atoms with Crippen molar-refractivity contribution in [3.63, 3.8) is 0 Å². The maximum atomic E-state index is 12.2. The van der Waals surface area contributed by atoms with Crippen molar-refractivity contribution in [2.75, 3.05) is 18.8 Å². The third-order valence-electron chi connectivity index (χ3n) is 2.48. The van der Waals surface area contributed by atoms with Crippen LogP contribution in [-0.2, 0) is 9.59 Å². The van der Waals surface area contributed by atoms with Gasteiger partial charge in [-0.3, -0.25) is 9.59 Å². The standard InChI is InChI=1S/C12H23NO3S/c1-5-13(8-7-10(14)15)12(16)11(9(3)4)17-6-2/h9,11H,5-8H2,1-4H3,(H,14,15). The molecule has 0 aliphatic rings. The molecule has 0 aliphatic carbocycles. The zero-order valence-corrected chi connectivity index (χ0v) is 11.9. The zero-order valence-electron chi connectivity index (χ0n) is 11.1. The van der Waals surface area contributed by atoms with Crippen molar-refractivity contribution >= 4 is 23.6 Å². The van der Waals surface area contributed by atoms with Crippen LogP contribution in [-0.4, -0.2) is 46.0 Å². The lowest BCUT2D eigenvalue weighted by atomic mass is 10.1. The third kappa shape index (κ3) is 5.96. The Morgan fingerprint density at radius 2 is 1.88 bits per heavy atom. The van der Waals surface area contributed by atoms with Gasteiger partial charge in [-0.25, -0.2) is 0 Å². The average molecular weight is 261 g/mol. The molecule has 0 aliphatic heterocycles. The second-order valence-electron chi connectivity index (χ2n) is 4.18. The Kier molecular flexibility index (Phi) is 8.04. The molecular formula is C12H23NO3S. The van der Waals surface area contributed by atoms with Gasteiger partial charge >= 0.3 is 5.97 Å². The third-order valence-corrected chi connectivity index (χ3v) is 3.92. The summed E-state index contributed by atoms with van der Waals surface area (Å²) in [6, 6.07) is 0. The van der Waals surface area contributed by atoms with E-state index in [1.54, 1.807) is 16.7 Å². The van der Waals surface area contributed by atoms with E-state index in [9.17, 15) is 9.59 Å². The molecule has 1 amide bonds. The molecule has 0 aromatic heterocycles. The highest BCUT2D eigenvalue weighted by Crippen LogP contribution is 2.21. The lowest BCUT2D eigenvalue weighted by Gasteiger charge is -2.27. The molecule has 1 unspecified atom stereocenters. The van der Waals surface area contributed by atoms with Gasteiger partial charge in [-0.15, -0.1) is 11.8 Å². The summed E-state index contributed by atoms with van der Waals surface area (Å²) in [5, 5.41) is 8.59. The van der Waals surface area contributed by atoms with Crippen LogP contribution in [0.15, 0.2) is 0 Å². The summed E-state index contributed by atoms with van der Waals surface area (Å²) in [5.74, 6) is 0.368. The molecule has 1 N–H and O–H groups in total. The summed E-state index contributed by atoms with van der Waals surface area (Å²) < 4.78 is 0. The number of rotatable bonds is 8. The first kappa shape index (κ1) is 16.3. The summed E-state index contributed by atoms with van der Waals surface area (Å²) in [6.45, 7) is 8.83. The summed E-state index contributed by atoms with van der Waals surface area (Å²) >= 11 is 1.63. The minimum absolute atomic E-state index is 0.0151. The number of aliphatic carboxylic acids is 1. The van der Waals surface area contributed by atoms with E-state index in [1.165, 1.54) is 0 Å². The highest BCUT2D eigenvalue weighted by Gasteiger charge is 2.26. The number of carboxylic acid groups (broad SMARTS) is 1. The Balaban J connectivity index is 4.52. The highest BCUT2D eigenvalue weighted by molar-refractivity contribution is 8.00. The number of carbonyl (C=O) groups excluding carboxylic acids is 1. The van der Waals surface area contributed by atoms with Gasteiger partial charge in [0.2, 0.25) is 5.91 Å². The SMILES string of the molecule is CCSC(C(=O)N(CC)CCC(=O)O)C(C)C. The van der Waals surface area contributed by atoms with Gasteiger partial charge in [0, 0.05) is 13.1 Å². The molecule has 0 saturated carbocycles. The Hall–Kier alpha value is -0.710. The molecule has 0 fully saturated rings. The van der Waals surface area contributed by atoms with E-state index in [-0.39, 0.29) is 23.5 Å². The second-order valence-corrected chi connectivity index (χ2v) is 5.60. The lowest BCUT2D eigenvalue weighted by molar-refractivity contribution is -0.138. The van der Waals surface area contributed by atoms with Crippen LogP contribution in [0.5, 0.6) is 0 Å². The molecule has 0 radical (unpaired) electrons. The minimum atomic E-state index is -0.861. The van der Waals surface area contributed by atoms with Crippen LogP contribution in [0.4, 0.5) is 0 Å². The van der Waals surface area contributed by atoms with E-state index >= 15 is 0 Å². The maximum Gasteiger partial charge on any atom is 0.305 e. The molecule has 17 heavy (non-hydrogen) atoms. The molecule has 1 atom stereocenters. The molecule has 5 heteroatoms. The van der Waals surface area contributed by atoms with Crippen LogP contribution in [0.1, 0.15) is 34.1 Å². The van der Waals surface area contributed by atoms with Crippen LogP contribution in [0.25, 0.3) is 0 Å². The van der Waals surface area contributed by atoms with Gasteiger partial charge in [-0.2, -0.15) is 0 Å². The van der Waals surface area contributed by atoms with Crippen LogP contribution < -0.4 is 0 Å². The average Bonchev–Trinajstić information content (AvgIpc) is 2.25. The van der Waals surface area contributed by atoms with Gasteiger partial charge < -0.3 is 10.0 Å². The van der Waals surface area contributed by atoms with Crippen molar-refractivity contribution in [3.05, 3.63) is 0 Å². The van der Waals surface area contributed by atoms with Crippen molar-refractivity contribution in [1.29, 1.82) is 0 Å². The number of nitrogens with zero attached hydrogens (tertiary/aromatic N) is 1. The fraction of sp³-hybridized carbons (Fsp3) is 0.833. The Bertz CT molecular complexity index is 256. The normalized spacial score (nSPS) is 12.5. The number of thioether (sulfide) groups is 1. The second kappa shape index (κ2) is 8.39. The first-order valence-electron chi connectivity index (χ1n) is 6.06. The van der Waals surface area contributed by atoms with Crippen molar-refractivity contribution in [3.8, 4) is 0 Å². The van der Waals surface area contributed by atoms with Gasteiger partial charge in [0.25, 0.3) is 0 Å². The number of hydrogen-bond acceptors (Lipinski definition) is 3. The number of carboxylic acids is 1. The van der Waals surface area contributed by atoms with E-state index in [2.05, 4.69) is 0 Å². The first-order chi connectivity index (χ1) is 7.93. The van der Waals surface area contributed by atoms with Crippen LogP contribution >= 0.6 is 11.8 Å². The minimum Gasteiger partial charge on any atom is -0.481 e. The lowest BCUT2D eigenvalue weighted by Crippen LogP contribution is -2.41. The highest BCUT2D eigenvalue weighted by atomic mass is 32.2. The largest absolute Gasteiger partial charge is 0.481 e. The molecule has 0 aromatic rings. The number of carbonyl (C=O) groups is 2. The Labute approximate surface area is 108 Å². The molecule has 0 rings (SSSR count). The Morgan fingerprint density at radius 1 is 1.29 bits per heavy atom. The first-order valence-corrected chi connectivity index (χ1v) is 7.11. The zero-order chi connectivity index (χ0) is 13.4. The monoisotopic (exact) mass is 261 g/mol. The van der Waals surface area contributed by atoms with Gasteiger partial charge in [0.15, 0.2) is 0 Å². The summed E-state index contributed by atoms with van der Waals surface area (Å²) in [4.78, 5) is 24.4. The van der Waals surface area contributed by atoms with Crippen LogP contribution in [0, 0.1) is 5.92 Å². The molecule has 0 heterocycles. The molecule has 0 aromatic carbocycles. The van der Waals surface area contributed by atoms with E-state index in [0.717, 1.165) is 5.75 Å². The molecule has 0 bridgehead atoms. The van der Waals surface area contributed by atoms with Gasteiger partial charge in [-0.1, -0.05) is 20.8 Å². The van der Waals surface area contributed by atoms with Crippen molar-refractivity contribution in [1.82, 2.24) is 4.90 Å². The molecule has 0 spiro atoms. The van der Waals surface area contributed by atoms with Crippen molar-refractivity contribution in [2.24, 2.45) is 5.92 Å². The quantitative estimate of drug-likeness (QED) is 0.727. The Morgan fingerprint density at radius 3 is 2.24 bits per heavy atom. The molecule has 100 valence electrons. The molecule has 0 saturated heterocycles. The summed E-state index contributed by atoms with van der Waals surface area (Å²) in [7, 11) is 0. The fourth-order valence-corrected chi connectivity index (χ4v) is 2.60. The molecule has 4 nitrogen and oxygen atoms in total. The smallest absolute Gasteiger partial charge is 0.305 e. The summed E-state index contributed by atoms with van der Waals surface area (Å²) in [5.41, 5.74) is 0. The van der Waals surface area contributed by atoms with Crippen molar-refractivity contribution in [2.45, 2.75) is 39.4 Å². The van der Waals surface area contributed by atoms with E-state index in [4.69, 9.17) is 5.11 Å². The van der Waals surface area contributed by atoms with E-state index in [0.29, 0.717) is 13.1 Å². The van der Waals surface area contributed by atoms with E-state index in [1.807, 2.05) is 27.7 Å². The predicted molar refractivity (Wildman–Crippen MR) is 71.3 cm³/mol. The maximum absolute atomic E-state index is 12.2. The van der Waals surface area contributed by atoms with Gasteiger partial charge in [0.05, 0.1) is 11.7 Å². The van der Waals surface area contributed by atoms with Gasteiger partial charge in [0.1, 0.15) is 0 Å². The fourth-order valence-electron chi connectivity index (χ4n) is 1.56. The predicted octanol–water partition coefficient (Wildman–Crippen LogP) is 2.09. The summed E-state index contributed by atoms with van der Waals surface area (Å²) in [6.07, 6.45) is 0.0151. The van der Waals surface area contributed by atoms with E-state index < -0.39 is 5.97 Å². The van der Waals surface area contributed by atoms with Gasteiger partial charge in [-0.05, 0) is 18.6 Å².